The predicted octanol–water partition coefficient (Wildman–Crippen LogP) is 11.0. The number of nitrogens with one attached hydrogen (secondary N) is 1. The molecule has 3 aliphatic rings. The Morgan fingerprint density at radius 1 is 0.745 bits per heavy atom. The van der Waals surface area contributed by atoms with Crippen LogP contribution in [0.5, 0.6) is 0 Å². The van der Waals surface area contributed by atoms with E-state index in [4.69, 9.17) is 9.68 Å². The Bertz CT molecular complexity index is 1810. The summed E-state index contributed by atoms with van der Waals surface area (Å²) in [7, 11) is 0. The van der Waals surface area contributed by atoms with Gasteiger partial charge in [0.1, 0.15) is 6.61 Å². The van der Waals surface area contributed by atoms with Gasteiger partial charge >= 0.3 is 12.4 Å². The number of likely N-dealkylation sites (tertiary alicyclic amines) is 1. The monoisotopic (exact) mass is 771 g/mol. The van der Waals surface area contributed by atoms with Crippen LogP contribution in [0.15, 0.2) is 59.8 Å². The van der Waals surface area contributed by atoms with Crippen LogP contribution in [0.1, 0.15) is 140 Å². The molecule has 3 aromatic carbocycles. The Kier molecular flexibility index (Phi) is 13.3. The van der Waals surface area contributed by atoms with Crippen molar-refractivity contribution in [2.24, 2.45) is 11.1 Å². The van der Waals surface area contributed by atoms with Crippen molar-refractivity contribution in [3.63, 3.8) is 0 Å². The second-order valence-electron chi connectivity index (χ2n) is 15.4. The lowest BCUT2D eigenvalue weighted by Crippen LogP contribution is -2.53. The van der Waals surface area contributed by atoms with Gasteiger partial charge in [0.2, 0.25) is 5.91 Å². The number of oxime groups is 1. The largest absolute Gasteiger partial charge is 0.416 e. The topological polar surface area (TPSA) is 63.2 Å². The first kappa shape index (κ1) is 40.8. The Morgan fingerprint density at radius 3 is 1.82 bits per heavy atom. The number of nitrogens with zero attached hydrogens (tertiary/aromatic N) is 2. The van der Waals surface area contributed by atoms with Crippen molar-refractivity contribution >= 4 is 11.6 Å². The van der Waals surface area contributed by atoms with Crippen LogP contribution >= 0.6 is 0 Å². The molecule has 0 atom stereocenters. The molecule has 2 saturated carbocycles. The molecule has 0 radical (unpaired) electrons. The van der Waals surface area contributed by atoms with E-state index in [9.17, 15) is 31.1 Å². The van der Waals surface area contributed by atoms with Crippen molar-refractivity contribution in [3.05, 3.63) is 105 Å². The molecule has 3 aromatic rings. The summed E-state index contributed by atoms with van der Waals surface area (Å²) in [4.78, 5) is 25.8. The van der Waals surface area contributed by atoms with Gasteiger partial charge in [0.25, 0.3) is 0 Å². The molecule has 298 valence electrons. The normalized spacial score (nSPS) is 18.3. The first-order valence-electron chi connectivity index (χ1n) is 19.6. The van der Waals surface area contributed by atoms with Gasteiger partial charge in [0, 0.05) is 19.6 Å². The second-order valence-corrected chi connectivity index (χ2v) is 15.4. The molecule has 3 fully saturated rings. The molecule has 0 aromatic heterocycles. The standard InChI is InChI=1S/C43H51F6N3O3/c1-3-31-22-34(28(2)50-54-26-29-14-18-37(32-10-6-4-7-11-32)39(20-29)42(44,45)46)16-17-35(31)23-52-24-36(25-52)41(53)51-55-27-30-15-19-38(33-12-8-5-9-13-33)40(21-30)43(47,48)49/h14-22,32-33,36H,3-13,23-27H2,1-2H3,(H,51,53)/b50-28+. The zero-order valence-electron chi connectivity index (χ0n) is 31.6. The molecular formula is C43H51F6N3O3. The zero-order chi connectivity index (χ0) is 39.2. The maximum absolute atomic E-state index is 14.0. The van der Waals surface area contributed by atoms with E-state index in [1.807, 2.05) is 25.1 Å². The molecule has 6 rings (SSSR count). The van der Waals surface area contributed by atoms with Crippen molar-refractivity contribution in [2.45, 2.75) is 128 Å². The SMILES string of the molecule is CCc1cc(/C(C)=N/OCc2ccc(C3CCCCC3)c(C(F)(F)F)c2)ccc1CN1CC(C(=O)NOCc2ccc(C3CCCCC3)c(C(F)(F)F)c2)C1. The third-order valence-corrected chi connectivity index (χ3v) is 11.5. The van der Waals surface area contributed by atoms with E-state index in [1.165, 1.54) is 6.07 Å². The number of hydrogen-bond donors (Lipinski definition) is 1. The molecule has 0 spiro atoms. The summed E-state index contributed by atoms with van der Waals surface area (Å²) in [6.45, 7) is 5.26. The zero-order valence-corrected chi connectivity index (χ0v) is 31.6. The molecule has 0 unspecified atom stereocenters. The summed E-state index contributed by atoms with van der Waals surface area (Å²) in [6, 6.07) is 14.8. The Balaban J connectivity index is 0.972. The molecule has 2 aliphatic carbocycles. The van der Waals surface area contributed by atoms with Crippen LogP contribution < -0.4 is 5.48 Å². The summed E-state index contributed by atoms with van der Waals surface area (Å²) in [5.41, 5.74) is 6.37. The highest BCUT2D eigenvalue weighted by Gasteiger charge is 2.37. The average molecular weight is 772 g/mol. The summed E-state index contributed by atoms with van der Waals surface area (Å²) in [5, 5.41) is 4.22. The van der Waals surface area contributed by atoms with Gasteiger partial charge in [-0.05, 0) is 108 Å². The maximum atomic E-state index is 14.0. The summed E-state index contributed by atoms with van der Waals surface area (Å²) in [5.74, 6) is -0.755. The van der Waals surface area contributed by atoms with E-state index in [2.05, 4.69) is 15.5 Å². The highest BCUT2D eigenvalue weighted by molar-refractivity contribution is 5.98. The Hall–Kier alpha value is -3.90. The number of carbonyl (C=O) groups is 1. The fourth-order valence-corrected chi connectivity index (χ4v) is 8.39. The first-order chi connectivity index (χ1) is 26.3. The van der Waals surface area contributed by atoms with Crippen LogP contribution in [-0.4, -0.2) is 29.6 Å². The van der Waals surface area contributed by atoms with Gasteiger partial charge in [-0.15, -0.1) is 0 Å². The summed E-state index contributed by atoms with van der Waals surface area (Å²) < 4.78 is 83.7. The lowest BCUT2D eigenvalue weighted by atomic mass is 9.81. The highest BCUT2D eigenvalue weighted by atomic mass is 19.4. The molecule has 6 nitrogen and oxygen atoms in total. The fraction of sp³-hybridized carbons (Fsp3) is 0.535. The van der Waals surface area contributed by atoms with Crippen molar-refractivity contribution in [3.8, 4) is 0 Å². The number of hydrogen-bond acceptors (Lipinski definition) is 5. The smallest absolute Gasteiger partial charge is 0.391 e. The summed E-state index contributed by atoms with van der Waals surface area (Å²) in [6.07, 6.45) is 0.870. The van der Waals surface area contributed by atoms with Crippen LogP contribution in [0, 0.1) is 5.92 Å². The van der Waals surface area contributed by atoms with Gasteiger partial charge < -0.3 is 4.84 Å². The van der Waals surface area contributed by atoms with Gasteiger partial charge in [-0.25, -0.2) is 5.48 Å². The number of aryl methyl sites for hydroxylation is 1. The number of benzene rings is 3. The van der Waals surface area contributed by atoms with Crippen molar-refractivity contribution < 1.29 is 40.8 Å². The van der Waals surface area contributed by atoms with Gasteiger partial charge in [-0.3, -0.25) is 14.5 Å². The van der Waals surface area contributed by atoms with Crippen molar-refractivity contribution in [1.82, 2.24) is 10.4 Å². The quantitative estimate of drug-likeness (QED) is 0.107. The predicted molar refractivity (Wildman–Crippen MR) is 199 cm³/mol. The fourth-order valence-electron chi connectivity index (χ4n) is 8.39. The average Bonchev–Trinajstić information content (AvgIpc) is 3.16. The van der Waals surface area contributed by atoms with E-state index in [-0.39, 0.29) is 36.9 Å². The Labute approximate surface area is 319 Å². The third-order valence-electron chi connectivity index (χ3n) is 11.5. The highest BCUT2D eigenvalue weighted by Crippen LogP contribution is 2.42. The number of halogens is 6. The van der Waals surface area contributed by atoms with Crippen LogP contribution in [0.25, 0.3) is 0 Å². The van der Waals surface area contributed by atoms with Crippen LogP contribution in [0.2, 0.25) is 0 Å². The van der Waals surface area contributed by atoms with E-state index < -0.39 is 23.5 Å². The molecule has 1 saturated heterocycles. The van der Waals surface area contributed by atoms with Gasteiger partial charge in [0.05, 0.1) is 29.4 Å². The van der Waals surface area contributed by atoms with Gasteiger partial charge in [0.15, 0.2) is 0 Å². The number of rotatable bonds is 13. The van der Waals surface area contributed by atoms with E-state index in [1.54, 1.807) is 31.2 Å². The molecule has 1 heterocycles. The molecular weight excluding hydrogens is 720 g/mol. The van der Waals surface area contributed by atoms with E-state index in [0.717, 1.165) is 93.4 Å². The number of alkyl halides is 6. The third kappa shape index (κ3) is 10.5. The van der Waals surface area contributed by atoms with E-state index >= 15 is 0 Å². The first-order valence-corrected chi connectivity index (χ1v) is 19.6. The molecule has 0 bridgehead atoms. The minimum atomic E-state index is -4.46. The number of hydroxylamine groups is 1. The van der Waals surface area contributed by atoms with Gasteiger partial charge in [-0.2, -0.15) is 26.3 Å². The lowest BCUT2D eigenvalue weighted by Gasteiger charge is -2.38. The Morgan fingerprint density at radius 2 is 1.29 bits per heavy atom. The number of carbonyl (C=O) groups excluding carboxylic acids is 1. The summed E-state index contributed by atoms with van der Waals surface area (Å²) >= 11 is 0. The van der Waals surface area contributed by atoms with Crippen molar-refractivity contribution in [1.29, 1.82) is 0 Å². The lowest BCUT2D eigenvalue weighted by molar-refractivity contribution is -0.145. The van der Waals surface area contributed by atoms with Crippen LogP contribution in [0.3, 0.4) is 0 Å². The van der Waals surface area contributed by atoms with E-state index in [0.29, 0.717) is 47.6 Å². The van der Waals surface area contributed by atoms with Gasteiger partial charge in [-0.1, -0.05) is 87.0 Å². The molecule has 55 heavy (non-hydrogen) atoms. The molecule has 12 heteroatoms. The molecule has 1 N–H and O–H groups in total. The second kappa shape index (κ2) is 17.9. The molecule has 1 amide bonds. The minimum absolute atomic E-state index is 0.0636. The van der Waals surface area contributed by atoms with Crippen LogP contribution in [-0.2, 0) is 53.0 Å². The minimum Gasteiger partial charge on any atom is -0.391 e. The van der Waals surface area contributed by atoms with Crippen LogP contribution in [0.4, 0.5) is 26.3 Å². The maximum Gasteiger partial charge on any atom is 0.416 e. The molecule has 1 aliphatic heterocycles. The number of amides is 1. The van der Waals surface area contributed by atoms with Crippen molar-refractivity contribution in [2.75, 3.05) is 13.1 Å².